The third kappa shape index (κ3) is 6.62. The van der Waals surface area contributed by atoms with Gasteiger partial charge in [0.1, 0.15) is 0 Å². The number of alkyl halides is 2. The van der Waals surface area contributed by atoms with Crippen LogP contribution in [0.25, 0.3) is 0 Å². The van der Waals surface area contributed by atoms with Crippen LogP contribution in [0.5, 0.6) is 0 Å². The number of hydrogen-bond donors (Lipinski definition) is 1. The number of rotatable bonds is 6. The van der Waals surface area contributed by atoms with E-state index in [9.17, 15) is 13.6 Å². The number of fused-ring (bicyclic) bond motifs is 1. The third-order valence-corrected chi connectivity index (χ3v) is 8.30. The van der Waals surface area contributed by atoms with Crippen LogP contribution >= 0.6 is 11.3 Å². The lowest BCUT2D eigenvalue weighted by Gasteiger charge is -2.38. The maximum atomic E-state index is 12.4. The first-order valence-electron chi connectivity index (χ1n) is 12.6. The van der Waals surface area contributed by atoms with Gasteiger partial charge in [-0.1, -0.05) is 26.2 Å². The van der Waals surface area contributed by atoms with Crippen LogP contribution in [-0.2, 0) is 17.8 Å². The number of halogens is 2. The van der Waals surface area contributed by atoms with Gasteiger partial charge in [0.05, 0.1) is 18.2 Å². The highest BCUT2D eigenvalue weighted by molar-refractivity contribution is 7.15. The summed E-state index contributed by atoms with van der Waals surface area (Å²) >= 11 is 1.69. The van der Waals surface area contributed by atoms with Crippen LogP contribution in [0.3, 0.4) is 0 Å². The maximum Gasteiger partial charge on any atom is 0.244 e. The first-order chi connectivity index (χ1) is 16.4. The Morgan fingerprint density at radius 1 is 1.26 bits per heavy atom. The van der Waals surface area contributed by atoms with E-state index in [0.717, 1.165) is 61.0 Å². The van der Waals surface area contributed by atoms with E-state index in [1.165, 1.54) is 24.1 Å². The van der Waals surface area contributed by atoms with Crippen LogP contribution < -0.4 is 10.2 Å². The molecule has 0 bridgehead atoms. The number of anilines is 1. The van der Waals surface area contributed by atoms with Crippen molar-refractivity contribution in [2.45, 2.75) is 77.8 Å². The van der Waals surface area contributed by atoms with E-state index in [1.807, 2.05) is 17.9 Å². The fraction of sp³-hybridized carbons (Fsp3) is 0.720. The molecular weight excluding hydrogens is 456 g/mol. The topological polar surface area (TPSA) is 60.8 Å². The summed E-state index contributed by atoms with van der Waals surface area (Å²) in [5, 5.41) is 4.07. The number of carbonyl (C=O) groups excluding carboxylic acids is 1. The van der Waals surface area contributed by atoms with E-state index in [0.29, 0.717) is 32.1 Å². The van der Waals surface area contributed by atoms with Crippen LogP contribution in [0.4, 0.5) is 13.9 Å². The average molecular weight is 494 g/mol. The molecule has 1 amide bonds. The lowest BCUT2D eigenvalue weighted by Crippen LogP contribution is -2.50. The number of aliphatic imine (C=N–C) groups is 1. The third-order valence-electron chi connectivity index (χ3n) is 7.08. The Kier molecular flexibility index (Phi) is 8.69. The Labute approximate surface area is 205 Å². The Morgan fingerprint density at radius 3 is 2.68 bits per heavy atom. The molecule has 0 atom stereocenters. The van der Waals surface area contributed by atoms with Gasteiger partial charge in [0.2, 0.25) is 12.3 Å². The Balaban J connectivity index is 0.000000162. The minimum absolute atomic E-state index is 0.169. The highest BCUT2D eigenvalue weighted by atomic mass is 32.1. The zero-order valence-corrected chi connectivity index (χ0v) is 21.2. The molecule has 0 radical (unpaired) electrons. The highest BCUT2D eigenvalue weighted by Crippen LogP contribution is 2.35. The van der Waals surface area contributed by atoms with Crippen molar-refractivity contribution < 1.29 is 13.6 Å². The van der Waals surface area contributed by atoms with E-state index < -0.39 is 12.3 Å². The fourth-order valence-corrected chi connectivity index (χ4v) is 6.00. The van der Waals surface area contributed by atoms with E-state index in [4.69, 9.17) is 0 Å². The Bertz CT molecular complexity index is 903. The van der Waals surface area contributed by atoms with Gasteiger partial charge in [-0.25, -0.2) is 13.8 Å². The number of nitrogens with zero attached hydrogens (tertiary/aromatic N) is 4. The Morgan fingerprint density at radius 2 is 2.03 bits per heavy atom. The van der Waals surface area contributed by atoms with E-state index in [2.05, 4.69) is 27.1 Å². The largest absolute Gasteiger partial charge is 0.353 e. The van der Waals surface area contributed by atoms with Gasteiger partial charge in [-0.3, -0.25) is 14.7 Å². The molecule has 2 fully saturated rings. The molecule has 3 aliphatic heterocycles. The van der Waals surface area contributed by atoms with Gasteiger partial charge in [0, 0.05) is 49.2 Å². The van der Waals surface area contributed by atoms with Crippen molar-refractivity contribution in [1.82, 2.24) is 15.2 Å². The average Bonchev–Trinajstić information content (AvgIpc) is 3.38. The molecule has 1 aromatic rings. The van der Waals surface area contributed by atoms with Crippen molar-refractivity contribution in [2.75, 3.05) is 37.6 Å². The van der Waals surface area contributed by atoms with Crippen molar-refractivity contribution in [1.29, 1.82) is 0 Å². The quantitative estimate of drug-likeness (QED) is 0.636. The molecule has 1 N–H and O–H groups in total. The number of carbonyl (C=O) groups is 1. The molecular formula is C25H37F2N5OS. The lowest BCUT2D eigenvalue weighted by atomic mass is 9.95. The maximum absolute atomic E-state index is 12.4. The van der Waals surface area contributed by atoms with Crippen LogP contribution in [0.15, 0.2) is 16.6 Å². The van der Waals surface area contributed by atoms with Crippen LogP contribution in [-0.4, -0.2) is 66.7 Å². The summed E-state index contributed by atoms with van der Waals surface area (Å²) in [5.41, 5.74) is 3.34. The summed E-state index contributed by atoms with van der Waals surface area (Å²) in [7, 11) is 0. The molecule has 0 unspecified atom stereocenters. The molecule has 1 saturated carbocycles. The first-order valence-corrected chi connectivity index (χ1v) is 13.5. The first kappa shape index (κ1) is 25.2. The second kappa shape index (κ2) is 11.7. The molecule has 188 valence electrons. The number of nitrogens with one attached hydrogen (secondary N) is 1. The van der Waals surface area contributed by atoms with Crippen molar-refractivity contribution in [2.24, 2.45) is 10.9 Å². The van der Waals surface area contributed by atoms with Crippen LogP contribution in [0, 0.1) is 5.92 Å². The van der Waals surface area contributed by atoms with Gasteiger partial charge in [-0.05, 0) is 44.4 Å². The predicted octanol–water partition coefficient (Wildman–Crippen LogP) is 4.45. The molecule has 4 aliphatic rings. The van der Waals surface area contributed by atoms with Gasteiger partial charge in [-0.15, -0.1) is 11.3 Å². The summed E-state index contributed by atoms with van der Waals surface area (Å²) in [5.74, 6) is -0.291. The second-order valence-electron chi connectivity index (χ2n) is 9.82. The number of aromatic nitrogens is 1. The summed E-state index contributed by atoms with van der Waals surface area (Å²) in [6.07, 6.45) is 7.56. The van der Waals surface area contributed by atoms with E-state index in [-0.39, 0.29) is 5.91 Å². The summed E-state index contributed by atoms with van der Waals surface area (Å²) < 4.78 is 24.9. The van der Waals surface area contributed by atoms with Crippen molar-refractivity contribution >= 4 is 28.1 Å². The van der Waals surface area contributed by atoms with Crippen LogP contribution in [0.2, 0.25) is 0 Å². The normalized spacial score (nSPS) is 21.4. The number of likely N-dealkylation sites (N-methyl/N-ethyl adjacent to an activating group) is 1. The van der Waals surface area contributed by atoms with Gasteiger partial charge >= 0.3 is 0 Å². The lowest BCUT2D eigenvalue weighted by molar-refractivity contribution is -0.121. The van der Waals surface area contributed by atoms with Gasteiger partial charge in [0.25, 0.3) is 0 Å². The van der Waals surface area contributed by atoms with Crippen LogP contribution in [0.1, 0.15) is 62.9 Å². The molecule has 9 heteroatoms. The number of hydrogen-bond acceptors (Lipinski definition) is 6. The number of allylic oxidation sites excluding steroid dienone is 1. The number of amides is 1. The highest BCUT2D eigenvalue weighted by Gasteiger charge is 2.36. The monoisotopic (exact) mass is 493 g/mol. The van der Waals surface area contributed by atoms with Crippen molar-refractivity contribution in [3.05, 3.63) is 22.2 Å². The summed E-state index contributed by atoms with van der Waals surface area (Å²) in [6, 6.07) is 0.422. The fourth-order valence-electron chi connectivity index (χ4n) is 4.92. The smallest absolute Gasteiger partial charge is 0.244 e. The zero-order valence-electron chi connectivity index (χ0n) is 20.4. The minimum Gasteiger partial charge on any atom is -0.353 e. The zero-order chi connectivity index (χ0) is 24.1. The van der Waals surface area contributed by atoms with Gasteiger partial charge in [-0.2, -0.15) is 0 Å². The van der Waals surface area contributed by atoms with E-state index in [1.54, 1.807) is 11.3 Å². The predicted molar refractivity (Wildman–Crippen MR) is 134 cm³/mol. The summed E-state index contributed by atoms with van der Waals surface area (Å²) in [6.45, 7) is 8.81. The molecule has 0 spiro atoms. The van der Waals surface area contributed by atoms with Crippen molar-refractivity contribution in [3.8, 4) is 0 Å². The summed E-state index contributed by atoms with van der Waals surface area (Å²) in [4.78, 5) is 26.3. The van der Waals surface area contributed by atoms with E-state index >= 15 is 0 Å². The molecule has 5 rings (SSSR count). The second-order valence-corrected chi connectivity index (χ2v) is 10.9. The molecule has 34 heavy (non-hydrogen) atoms. The molecule has 0 aromatic carbocycles. The molecule has 1 aromatic heterocycles. The van der Waals surface area contributed by atoms with Gasteiger partial charge < -0.3 is 10.2 Å². The standard InChI is InChI=1S/C13H20N2O.C12H17F2N3S/c1-10-7-11(9-14-10)8-13(16)15-12-5-3-2-4-6-12;1-2-16-4-3-10-9(7-16)15-12(18-10)17-5-8(6-17)11(13)14/h7,12H,2-6,8-9H2,1H3,(H,15,16);8,11H,2-7H2,1H3. The SMILES string of the molecule is CC1=NCC(CC(=O)NC2CCCCC2)=C1.CCN1CCc2sc(N3CC(C(F)F)C3)nc2C1. The Hall–Kier alpha value is -1.87. The van der Waals surface area contributed by atoms with Crippen molar-refractivity contribution in [3.63, 3.8) is 0 Å². The number of thiazole rings is 1. The molecule has 1 aliphatic carbocycles. The molecule has 6 nitrogen and oxygen atoms in total. The molecule has 1 saturated heterocycles. The minimum atomic E-state index is -2.19. The molecule has 4 heterocycles. The van der Waals surface area contributed by atoms with Gasteiger partial charge in [0.15, 0.2) is 5.13 Å².